The van der Waals surface area contributed by atoms with Crippen molar-refractivity contribution in [1.29, 1.82) is 0 Å². The normalized spacial score (nSPS) is 12.1. The number of hydrogen-bond donors (Lipinski definition) is 0. The van der Waals surface area contributed by atoms with Crippen molar-refractivity contribution < 1.29 is 0 Å². The van der Waals surface area contributed by atoms with Gasteiger partial charge in [0, 0.05) is 30.1 Å². The first-order chi connectivity index (χ1) is 10.8. The first-order valence-electron chi connectivity index (χ1n) is 8.72. The van der Waals surface area contributed by atoms with Crippen molar-refractivity contribution in [2.24, 2.45) is 5.92 Å². The number of unbranched alkanes of at least 4 members (excludes halogenated alkanes) is 1. The van der Waals surface area contributed by atoms with E-state index in [0.717, 1.165) is 42.3 Å². The van der Waals surface area contributed by atoms with Gasteiger partial charge in [0.2, 0.25) is 0 Å². The van der Waals surface area contributed by atoms with Crippen LogP contribution in [0.3, 0.4) is 0 Å². The quantitative estimate of drug-likeness (QED) is 0.780. The molecule has 0 amide bonds. The molecule has 0 bridgehead atoms. The van der Waals surface area contributed by atoms with Crippen molar-refractivity contribution in [3.63, 3.8) is 0 Å². The highest BCUT2D eigenvalue weighted by Crippen LogP contribution is 2.31. The summed E-state index contributed by atoms with van der Waals surface area (Å²) in [6, 6.07) is 4.11. The van der Waals surface area contributed by atoms with Crippen LogP contribution in [-0.4, -0.2) is 19.7 Å². The second-order valence-electron chi connectivity index (χ2n) is 7.70. The minimum atomic E-state index is -0.0191. The van der Waals surface area contributed by atoms with Crippen molar-refractivity contribution in [2.75, 3.05) is 0 Å². The standard InChI is InChI=1S/C19H30N4/c1-7-8-11-16-21-22-18(23(16)13-14(2)3)15-10-9-12-20-17(15)19(4,5)6/h9-10,12,14H,7-8,11,13H2,1-6H3. The first kappa shape index (κ1) is 17.6. The fourth-order valence-corrected chi connectivity index (χ4v) is 2.79. The van der Waals surface area contributed by atoms with Gasteiger partial charge in [-0.05, 0) is 24.5 Å². The van der Waals surface area contributed by atoms with Gasteiger partial charge in [0.25, 0.3) is 0 Å². The van der Waals surface area contributed by atoms with Gasteiger partial charge < -0.3 is 4.57 Å². The predicted octanol–water partition coefficient (Wildman–Crippen LogP) is 4.64. The second kappa shape index (κ2) is 7.24. The van der Waals surface area contributed by atoms with Gasteiger partial charge in [-0.3, -0.25) is 4.98 Å². The third kappa shape index (κ3) is 4.18. The van der Waals surface area contributed by atoms with Crippen molar-refractivity contribution in [1.82, 2.24) is 19.7 Å². The molecule has 0 aliphatic rings. The van der Waals surface area contributed by atoms with Crippen LogP contribution in [0, 0.1) is 5.92 Å². The second-order valence-corrected chi connectivity index (χ2v) is 7.70. The van der Waals surface area contributed by atoms with Gasteiger partial charge in [0.15, 0.2) is 5.82 Å². The summed E-state index contributed by atoms with van der Waals surface area (Å²) < 4.78 is 2.30. The molecule has 126 valence electrons. The van der Waals surface area contributed by atoms with E-state index in [4.69, 9.17) is 0 Å². The van der Waals surface area contributed by atoms with Crippen molar-refractivity contribution in [2.45, 2.75) is 72.8 Å². The molecule has 0 radical (unpaired) electrons. The minimum Gasteiger partial charge on any atom is -0.311 e. The summed E-state index contributed by atoms with van der Waals surface area (Å²) in [5.74, 6) is 2.61. The average Bonchev–Trinajstić information content (AvgIpc) is 2.86. The SMILES string of the molecule is CCCCc1nnc(-c2cccnc2C(C)(C)C)n1CC(C)C. The molecule has 4 heteroatoms. The zero-order valence-corrected chi connectivity index (χ0v) is 15.4. The molecule has 0 spiro atoms. The van der Waals surface area contributed by atoms with Gasteiger partial charge in [0.1, 0.15) is 5.82 Å². The van der Waals surface area contributed by atoms with Gasteiger partial charge in [-0.2, -0.15) is 0 Å². The molecule has 0 aromatic carbocycles. The molecule has 4 nitrogen and oxygen atoms in total. The molecule has 0 aliphatic carbocycles. The molecule has 23 heavy (non-hydrogen) atoms. The lowest BCUT2D eigenvalue weighted by Gasteiger charge is -2.21. The van der Waals surface area contributed by atoms with E-state index in [0.29, 0.717) is 5.92 Å². The molecule has 2 rings (SSSR count). The Morgan fingerprint density at radius 1 is 1.17 bits per heavy atom. The Bertz CT molecular complexity index is 635. The number of hydrogen-bond acceptors (Lipinski definition) is 3. The number of aromatic nitrogens is 4. The van der Waals surface area contributed by atoms with Crippen molar-refractivity contribution in [3.05, 3.63) is 29.8 Å². The molecule has 0 N–H and O–H groups in total. The van der Waals surface area contributed by atoms with E-state index < -0.39 is 0 Å². The van der Waals surface area contributed by atoms with Crippen LogP contribution in [0.15, 0.2) is 18.3 Å². The van der Waals surface area contributed by atoms with E-state index in [2.05, 4.69) is 67.4 Å². The minimum absolute atomic E-state index is 0.0191. The van der Waals surface area contributed by atoms with Gasteiger partial charge in [-0.15, -0.1) is 10.2 Å². The zero-order chi connectivity index (χ0) is 17.0. The van der Waals surface area contributed by atoms with Gasteiger partial charge in [-0.1, -0.05) is 48.0 Å². The van der Waals surface area contributed by atoms with Crippen LogP contribution in [0.5, 0.6) is 0 Å². The molecular weight excluding hydrogens is 284 g/mol. The van der Waals surface area contributed by atoms with E-state index in [1.807, 2.05) is 12.3 Å². The average molecular weight is 314 g/mol. The fourth-order valence-electron chi connectivity index (χ4n) is 2.79. The number of rotatable bonds is 6. The van der Waals surface area contributed by atoms with Gasteiger partial charge in [-0.25, -0.2) is 0 Å². The van der Waals surface area contributed by atoms with E-state index >= 15 is 0 Å². The Morgan fingerprint density at radius 2 is 1.91 bits per heavy atom. The smallest absolute Gasteiger partial charge is 0.165 e. The van der Waals surface area contributed by atoms with Crippen molar-refractivity contribution >= 4 is 0 Å². The molecule has 0 aliphatic heterocycles. The molecule has 0 saturated carbocycles. The summed E-state index contributed by atoms with van der Waals surface area (Å²) >= 11 is 0. The lowest BCUT2D eigenvalue weighted by atomic mass is 9.88. The Balaban J connectivity index is 2.53. The van der Waals surface area contributed by atoms with Crippen LogP contribution in [0.2, 0.25) is 0 Å². The Hall–Kier alpha value is -1.71. The highest BCUT2D eigenvalue weighted by molar-refractivity contribution is 5.60. The van der Waals surface area contributed by atoms with Crippen LogP contribution >= 0.6 is 0 Å². The van der Waals surface area contributed by atoms with Gasteiger partial charge in [0.05, 0.1) is 5.69 Å². The summed E-state index contributed by atoms with van der Waals surface area (Å²) in [6.45, 7) is 14.2. The van der Waals surface area contributed by atoms with Gasteiger partial charge >= 0.3 is 0 Å². The van der Waals surface area contributed by atoms with Crippen LogP contribution in [0.4, 0.5) is 0 Å². The van der Waals surface area contributed by atoms with Crippen molar-refractivity contribution in [3.8, 4) is 11.4 Å². The lowest BCUT2D eigenvalue weighted by molar-refractivity contribution is 0.505. The molecular formula is C19H30N4. The highest BCUT2D eigenvalue weighted by Gasteiger charge is 2.24. The van der Waals surface area contributed by atoms with Crippen LogP contribution in [0.1, 0.15) is 65.9 Å². The Morgan fingerprint density at radius 3 is 2.52 bits per heavy atom. The maximum absolute atomic E-state index is 4.64. The third-order valence-corrected chi connectivity index (χ3v) is 3.89. The summed E-state index contributed by atoms with van der Waals surface area (Å²) in [6.07, 6.45) is 5.17. The number of pyridine rings is 1. The molecule has 0 unspecified atom stereocenters. The first-order valence-corrected chi connectivity index (χ1v) is 8.72. The summed E-state index contributed by atoms with van der Waals surface area (Å²) in [5, 5.41) is 9.03. The maximum atomic E-state index is 4.64. The Kier molecular flexibility index (Phi) is 5.55. The van der Waals surface area contributed by atoms with E-state index in [1.165, 1.54) is 6.42 Å². The molecule has 0 saturated heterocycles. The third-order valence-electron chi connectivity index (χ3n) is 3.89. The van der Waals surface area contributed by atoms with Crippen LogP contribution in [-0.2, 0) is 18.4 Å². The summed E-state index contributed by atoms with van der Waals surface area (Å²) in [7, 11) is 0. The van der Waals surface area contributed by atoms with E-state index in [-0.39, 0.29) is 5.41 Å². The van der Waals surface area contributed by atoms with E-state index in [9.17, 15) is 0 Å². The lowest BCUT2D eigenvalue weighted by Crippen LogP contribution is -2.17. The Labute approximate surface area is 140 Å². The largest absolute Gasteiger partial charge is 0.311 e. The topological polar surface area (TPSA) is 43.6 Å². The van der Waals surface area contributed by atoms with Crippen LogP contribution in [0.25, 0.3) is 11.4 Å². The molecule has 0 atom stereocenters. The highest BCUT2D eigenvalue weighted by atomic mass is 15.3. The molecule has 2 heterocycles. The maximum Gasteiger partial charge on any atom is 0.165 e. The zero-order valence-electron chi connectivity index (χ0n) is 15.4. The number of aryl methyl sites for hydroxylation is 1. The van der Waals surface area contributed by atoms with E-state index in [1.54, 1.807) is 0 Å². The van der Waals surface area contributed by atoms with Crippen LogP contribution < -0.4 is 0 Å². The molecule has 0 fully saturated rings. The monoisotopic (exact) mass is 314 g/mol. The predicted molar refractivity (Wildman–Crippen MR) is 95.4 cm³/mol. The molecule has 2 aromatic heterocycles. The number of nitrogens with zero attached hydrogens (tertiary/aromatic N) is 4. The summed E-state index contributed by atoms with van der Waals surface area (Å²) in [4.78, 5) is 4.64. The molecule has 2 aromatic rings. The summed E-state index contributed by atoms with van der Waals surface area (Å²) in [5.41, 5.74) is 2.17. The fraction of sp³-hybridized carbons (Fsp3) is 0.632.